The first-order valence-corrected chi connectivity index (χ1v) is 8.37. The number of carbonyl (C=O) groups excluding carboxylic acids is 1. The lowest BCUT2D eigenvalue weighted by Gasteiger charge is -2.10. The van der Waals surface area contributed by atoms with Gasteiger partial charge in [-0.15, -0.1) is 10.2 Å². The Kier molecular flexibility index (Phi) is 5.53. The van der Waals surface area contributed by atoms with Crippen molar-refractivity contribution in [2.75, 3.05) is 6.61 Å². The summed E-state index contributed by atoms with van der Waals surface area (Å²) in [5.41, 5.74) is 1.94. The van der Waals surface area contributed by atoms with Crippen LogP contribution >= 0.6 is 11.6 Å². The SMILES string of the molecule is Cc1ccc(-c2nnc([C@H](C)OC(=O)COc3cccc(Cl)c3)o2)cc1. The van der Waals surface area contributed by atoms with Crippen molar-refractivity contribution in [3.63, 3.8) is 0 Å². The van der Waals surface area contributed by atoms with Crippen molar-refractivity contribution in [1.29, 1.82) is 0 Å². The van der Waals surface area contributed by atoms with E-state index in [-0.39, 0.29) is 12.5 Å². The molecule has 1 aromatic heterocycles. The molecule has 0 amide bonds. The normalized spacial score (nSPS) is 11.8. The van der Waals surface area contributed by atoms with Gasteiger partial charge in [0.1, 0.15) is 5.75 Å². The average molecular weight is 373 g/mol. The van der Waals surface area contributed by atoms with E-state index in [1.165, 1.54) is 0 Å². The molecule has 0 aliphatic rings. The highest BCUT2D eigenvalue weighted by molar-refractivity contribution is 6.30. The van der Waals surface area contributed by atoms with Crippen LogP contribution in [0.3, 0.4) is 0 Å². The fraction of sp³-hybridized carbons (Fsp3) is 0.211. The molecule has 0 spiro atoms. The number of hydrogen-bond donors (Lipinski definition) is 0. The highest BCUT2D eigenvalue weighted by atomic mass is 35.5. The van der Waals surface area contributed by atoms with Crippen LogP contribution in [-0.2, 0) is 9.53 Å². The summed E-state index contributed by atoms with van der Waals surface area (Å²) in [7, 11) is 0. The smallest absolute Gasteiger partial charge is 0.344 e. The number of halogens is 1. The van der Waals surface area contributed by atoms with Crippen molar-refractivity contribution in [2.24, 2.45) is 0 Å². The van der Waals surface area contributed by atoms with E-state index in [0.717, 1.165) is 11.1 Å². The number of esters is 1. The van der Waals surface area contributed by atoms with E-state index >= 15 is 0 Å². The maximum atomic E-state index is 11.9. The molecule has 0 radical (unpaired) electrons. The van der Waals surface area contributed by atoms with E-state index in [0.29, 0.717) is 16.7 Å². The maximum absolute atomic E-state index is 11.9. The van der Waals surface area contributed by atoms with E-state index in [4.69, 9.17) is 25.5 Å². The Morgan fingerprint density at radius 3 is 2.69 bits per heavy atom. The summed E-state index contributed by atoms with van der Waals surface area (Å²) in [6.07, 6.45) is -0.683. The maximum Gasteiger partial charge on any atom is 0.344 e. The van der Waals surface area contributed by atoms with Gasteiger partial charge in [-0.3, -0.25) is 0 Å². The summed E-state index contributed by atoms with van der Waals surface area (Å²) in [4.78, 5) is 11.9. The summed E-state index contributed by atoms with van der Waals surface area (Å²) < 4.78 is 16.2. The van der Waals surface area contributed by atoms with E-state index in [1.807, 2.05) is 31.2 Å². The number of ether oxygens (including phenoxy) is 2. The Labute approximate surface area is 155 Å². The zero-order valence-electron chi connectivity index (χ0n) is 14.3. The minimum atomic E-state index is -0.683. The van der Waals surface area contributed by atoms with Gasteiger partial charge in [0.2, 0.25) is 5.89 Å². The van der Waals surface area contributed by atoms with Gasteiger partial charge in [-0.1, -0.05) is 35.4 Å². The molecule has 0 saturated carbocycles. The zero-order chi connectivity index (χ0) is 18.5. The number of aromatic nitrogens is 2. The molecule has 0 N–H and O–H groups in total. The molecule has 0 unspecified atom stereocenters. The Balaban J connectivity index is 1.56. The lowest BCUT2D eigenvalue weighted by atomic mass is 10.1. The van der Waals surface area contributed by atoms with Gasteiger partial charge in [0, 0.05) is 10.6 Å². The Bertz CT molecular complexity index is 893. The van der Waals surface area contributed by atoms with Crippen molar-refractivity contribution >= 4 is 17.6 Å². The lowest BCUT2D eigenvalue weighted by molar-refractivity contribution is -0.152. The minimum Gasteiger partial charge on any atom is -0.482 e. The van der Waals surface area contributed by atoms with Crippen LogP contribution in [0.1, 0.15) is 24.5 Å². The zero-order valence-corrected chi connectivity index (χ0v) is 15.1. The predicted octanol–water partition coefficient (Wildman–Crippen LogP) is 4.38. The number of aryl methyl sites for hydroxylation is 1. The van der Waals surface area contributed by atoms with Crippen LogP contribution < -0.4 is 4.74 Å². The third-order valence-electron chi connectivity index (χ3n) is 3.55. The number of carbonyl (C=O) groups is 1. The van der Waals surface area contributed by atoms with Crippen molar-refractivity contribution < 1.29 is 18.7 Å². The molecule has 3 aromatic rings. The average Bonchev–Trinajstić information content (AvgIpc) is 3.11. The van der Waals surface area contributed by atoms with E-state index in [1.54, 1.807) is 31.2 Å². The lowest BCUT2D eigenvalue weighted by Crippen LogP contribution is -2.17. The number of rotatable bonds is 6. The summed E-state index contributed by atoms with van der Waals surface area (Å²) in [5, 5.41) is 8.47. The summed E-state index contributed by atoms with van der Waals surface area (Å²) in [6, 6.07) is 14.5. The first-order chi connectivity index (χ1) is 12.5. The third kappa shape index (κ3) is 4.61. The van der Waals surface area contributed by atoms with Gasteiger partial charge >= 0.3 is 5.97 Å². The second kappa shape index (κ2) is 8.01. The van der Waals surface area contributed by atoms with Crippen LogP contribution in [0.25, 0.3) is 11.5 Å². The number of benzene rings is 2. The van der Waals surface area contributed by atoms with Gasteiger partial charge in [0.15, 0.2) is 12.7 Å². The van der Waals surface area contributed by atoms with Crippen LogP contribution in [0.2, 0.25) is 5.02 Å². The van der Waals surface area contributed by atoms with Crippen LogP contribution in [0.5, 0.6) is 5.75 Å². The molecular weight excluding hydrogens is 356 g/mol. The topological polar surface area (TPSA) is 74.5 Å². The molecule has 7 heteroatoms. The fourth-order valence-corrected chi connectivity index (χ4v) is 2.37. The monoisotopic (exact) mass is 372 g/mol. The largest absolute Gasteiger partial charge is 0.482 e. The molecule has 0 aliphatic carbocycles. The van der Waals surface area contributed by atoms with E-state index < -0.39 is 12.1 Å². The van der Waals surface area contributed by atoms with Crippen LogP contribution in [0, 0.1) is 6.92 Å². The summed E-state index contributed by atoms with van der Waals surface area (Å²) in [6.45, 7) is 3.41. The van der Waals surface area contributed by atoms with Crippen LogP contribution in [0.15, 0.2) is 52.9 Å². The van der Waals surface area contributed by atoms with E-state index in [9.17, 15) is 4.79 Å². The fourth-order valence-electron chi connectivity index (χ4n) is 2.19. The van der Waals surface area contributed by atoms with Crippen molar-refractivity contribution in [3.05, 3.63) is 65.0 Å². The van der Waals surface area contributed by atoms with Gasteiger partial charge in [0.25, 0.3) is 5.89 Å². The number of hydrogen-bond acceptors (Lipinski definition) is 6. The second-order valence-corrected chi connectivity index (χ2v) is 6.13. The highest BCUT2D eigenvalue weighted by Gasteiger charge is 2.19. The minimum absolute atomic E-state index is 0.219. The molecule has 0 bridgehead atoms. The number of nitrogens with zero attached hydrogens (tertiary/aromatic N) is 2. The van der Waals surface area contributed by atoms with Crippen LogP contribution in [-0.4, -0.2) is 22.8 Å². The van der Waals surface area contributed by atoms with Crippen molar-refractivity contribution in [1.82, 2.24) is 10.2 Å². The molecule has 0 saturated heterocycles. The van der Waals surface area contributed by atoms with Crippen LogP contribution in [0.4, 0.5) is 0 Å². The van der Waals surface area contributed by atoms with Crippen molar-refractivity contribution in [2.45, 2.75) is 20.0 Å². The molecule has 1 atom stereocenters. The van der Waals surface area contributed by atoms with Gasteiger partial charge in [-0.2, -0.15) is 0 Å². The molecule has 1 heterocycles. The standard InChI is InChI=1S/C19H17ClN2O4/c1-12-6-8-14(9-7-12)19-22-21-18(26-19)13(2)25-17(23)11-24-16-5-3-4-15(20)10-16/h3-10,13H,11H2,1-2H3/t13-/m0/s1. The third-order valence-corrected chi connectivity index (χ3v) is 3.78. The molecule has 2 aromatic carbocycles. The molecule has 26 heavy (non-hydrogen) atoms. The first-order valence-electron chi connectivity index (χ1n) is 7.99. The Morgan fingerprint density at radius 1 is 1.19 bits per heavy atom. The second-order valence-electron chi connectivity index (χ2n) is 5.69. The molecule has 6 nitrogen and oxygen atoms in total. The summed E-state index contributed by atoms with van der Waals surface area (Å²) >= 11 is 5.86. The van der Waals surface area contributed by atoms with Gasteiger partial charge < -0.3 is 13.9 Å². The molecule has 0 aliphatic heterocycles. The molecule has 3 rings (SSSR count). The van der Waals surface area contributed by atoms with Gasteiger partial charge in [-0.25, -0.2) is 4.79 Å². The Hall–Kier alpha value is -2.86. The quantitative estimate of drug-likeness (QED) is 0.598. The Morgan fingerprint density at radius 2 is 1.96 bits per heavy atom. The predicted molar refractivity (Wildman–Crippen MR) is 95.9 cm³/mol. The molecule has 0 fully saturated rings. The van der Waals surface area contributed by atoms with Gasteiger partial charge in [0.05, 0.1) is 0 Å². The summed E-state index contributed by atoms with van der Waals surface area (Å²) in [5.74, 6) is 0.531. The first kappa shape index (κ1) is 17.9. The molecular formula is C19H17ClN2O4. The van der Waals surface area contributed by atoms with E-state index in [2.05, 4.69) is 10.2 Å². The highest BCUT2D eigenvalue weighted by Crippen LogP contribution is 2.23. The van der Waals surface area contributed by atoms with Gasteiger partial charge in [-0.05, 0) is 44.2 Å². The molecule has 134 valence electrons. The van der Waals surface area contributed by atoms with Crippen molar-refractivity contribution in [3.8, 4) is 17.2 Å².